The number of sulfonamides is 1. The van der Waals surface area contributed by atoms with Crippen molar-refractivity contribution in [2.45, 2.75) is 4.90 Å². The molecule has 0 heterocycles. The summed E-state index contributed by atoms with van der Waals surface area (Å²) in [5.41, 5.74) is 0.280. The van der Waals surface area contributed by atoms with E-state index in [1.807, 2.05) is 0 Å². The van der Waals surface area contributed by atoms with E-state index in [1.54, 1.807) is 6.07 Å². The number of methoxy groups -OCH3 is 2. The average Bonchev–Trinajstić information content (AvgIpc) is 2.68. The Hall–Kier alpha value is -2.26. The lowest BCUT2D eigenvalue weighted by molar-refractivity contribution is -0.116. The molecule has 2 aromatic carbocycles. The number of rotatable bonds is 9. The highest BCUT2D eigenvalue weighted by atomic mass is 35.5. The van der Waals surface area contributed by atoms with Crippen LogP contribution in [0.5, 0.6) is 11.5 Å². The fourth-order valence-corrected chi connectivity index (χ4v) is 4.39. The Balaban J connectivity index is 2.27. The quantitative estimate of drug-likeness (QED) is 0.577. The third kappa shape index (κ3) is 5.63. The van der Waals surface area contributed by atoms with Crippen molar-refractivity contribution < 1.29 is 22.7 Å². The SMILES string of the molecule is C=CCN(CC(=O)Nc1cc(Cl)c(OC)cc1OC)S(=O)(=O)c1cccc(Cl)c1. The highest BCUT2D eigenvalue weighted by Crippen LogP contribution is 2.35. The molecule has 0 unspecified atom stereocenters. The smallest absolute Gasteiger partial charge is 0.243 e. The van der Waals surface area contributed by atoms with Crippen LogP contribution >= 0.6 is 23.2 Å². The van der Waals surface area contributed by atoms with Crippen molar-refractivity contribution in [3.05, 3.63) is 59.1 Å². The molecule has 29 heavy (non-hydrogen) atoms. The summed E-state index contributed by atoms with van der Waals surface area (Å²) in [5.74, 6) is 0.0999. The van der Waals surface area contributed by atoms with Gasteiger partial charge in [0.25, 0.3) is 0 Å². The van der Waals surface area contributed by atoms with E-state index in [0.29, 0.717) is 11.5 Å². The van der Waals surface area contributed by atoms with Crippen molar-refractivity contribution in [1.82, 2.24) is 4.31 Å². The number of hydrogen-bond acceptors (Lipinski definition) is 5. The zero-order valence-corrected chi connectivity index (χ0v) is 18.1. The third-order valence-corrected chi connectivity index (χ3v) is 6.17. The molecule has 7 nitrogen and oxygen atoms in total. The van der Waals surface area contributed by atoms with Crippen LogP contribution in [-0.2, 0) is 14.8 Å². The molecule has 1 amide bonds. The number of nitrogens with zero attached hydrogens (tertiary/aromatic N) is 1. The molecule has 0 aromatic heterocycles. The minimum atomic E-state index is -3.97. The van der Waals surface area contributed by atoms with Crippen LogP contribution in [-0.4, -0.2) is 45.9 Å². The Bertz CT molecular complexity index is 1010. The molecule has 0 saturated heterocycles. The van der Waals surface area contributed by atoms with Gasteiger partial charge in [0, 0.05) is 17.6 Å². The number of hydrogen-bond donors (Lipinski definition) is 1. The molecule has 0 aliphatic rings. The number of ether oxygens (including phenoxy) is 2. The van der Waals surface area contributed by atoms with Crippen LogP contribution in [0.2, 0.25) is 10.0 Å². The van der Waals surface area contributed by atoms with Crippen LogP contribution in [0.1, 0.15) is 0 Å². The Labute approximate surface area is 179 Å². The van der Waals surface area contributed by atoms with Crippen molar-refractivity contribution in [2.75, 3.05) is 32.6 Å². The first-order chi connectivity index (χ1) is 13.7. The van der Waals surface area contributed by atoms with Gasteiger partial charge in [-0.2, -0.15) is 4.31 Å². The number of amides is 1. The van der Waals surface area contributed by atoms with Gasteiger partial charge >= 0.3 is 0 Å². The van der Waals surface area contributed by atoms with Gasteiger partial charge in [0.2, 0.25) is 15.9 Å². The minimum absolute atomic E-state index is 0.0234. The summed E-state index contributed by atoms with van der Waals surface area (Å²) in [5, 5.41) is 3.14. The van der Waals surface area contributed by atoms with Gasteiger partial charge in [0.15, 0.2) is 0 Å². The van der Waals surface area contributed by atoms with Crippen LogP contribution in [0, 0.1) is 0 Å². The van der Waals surface area contributed by atoms with Crippen molar-refractivity contribution in [3.63, 3.8) is 0 Å². The molecule has 0 aliphatic carbocycles. The molecule has 2 rings (SSSR count). The van der Waals surface area contributed by atoms with Gasteiger partial charge in [-0.1, -0.05) is 35.3 Å². The second-order valence-electron chi connectivity index (χ2n) is 5.78. The maximum Gasteiger partial charge on any atom is 0.243 e. The topological polar surface area (TPSA) is 84.9 Å². The van der Waals surface area contributed by atoms with Gasteiger partial charge in [-0.15, -0.1) is 6.58 Å². The minimum Gasteiger partial charge on any atom is -0.495 e. The second-order valence-corrected chi connectivity index (χ2v) is 8.56. The summed E-state index contributed by atoms with van der Waals surface area (Å²) >= 11 is 12.0. The Kier molecular flexibility index (Phi) is 7.92. The number of benzene rings is 2. The molecule has 0 fully saturated rings. The molecule has 10 heteroatoms. The molecule has 0 aliphatic heterocycles. The van der Waals surface area contributed by atoms with Gasteiger partial charge in [-0.05, 0) is 24.3 Å². The number of anilines is 1. The zero-order chi connectivity index (χ0) is 21.6. The molecular formula is C19H20Cl2N2O5S. The van der Waals surface area contributed by atoms with Crippen LogP contribution < -0.4 is 14.8 Å². The molecule has 0 radical (unpaired) electrons. The number of halogens is 2. The largest absolute Gasteiger partial charge is 0.495 e. The van der Waals surface area contributed by atoms with Crippen LogP contribution in [0.25, 0.3) is 0 Å². The first kappa shape index (κ1) is 23.0. The van der Waals surface area contributed by atoms with E-state index in [-0.39, 0.29) is 27.2 Å². The number of nitrogens with one attached hydrogen (secondary N) is 1. The first-order valence-electron chi connectivity index (χ1n) is 8.31. The van der Waals surface area contributed by atoms with Gasteiger partial charge in [0.1, 0.15) is 11.5 Å². The predicted octanol–water partition coefficient (Wildman–Crippen LogP) is 3.83. The van der Waals surface area contributed by atoms with E-state index in [2.05, 4.69) is 11.9 Å². The molecule has 0 spiro atoms. The Morgan fingerprint density at radius 2 is 1.86 bits per heavy atom. The van der Waals surface area contributed by atoms with Crippen molar-refractivity contribution >= 4 is 44.8 Å². The lowest BCUT2D eigenvalue weighted by atomic mass is 10.2. The fourth-order valence-electron chi connectivity index (χ4n) is 2.48. The molecule has 2 aromatic rings. The maximum atomic E-state index is 12.9. The van der Waals surface area contributed by atoms with E-state index in [1.165, 1.54) is 50.6 Å². The maximum absolute atomic E-state index is 12.9. The Morgan fingerprint density at radius 3 is 2.45 bits per heavy atom. The lowest BCUT2D eigenvalue weighted by Crippen LogP contribution is -2.38. The lowest BCUT2D eigenvalue weighted by Gasteiger charge is -2.21. The van der Waals surface area contributed by atoms with E-state index in [0.717, 1.165) is 4.31 Å². The van der Waals surface area contributed by atoms with Crippen LogP contribution in [0.3, 0.4) is 0 Å². The van der Waals surface area contributed by atoms with E-state index < -0.39 is 22.5 Å². The number of carbonyl (C=O) groups excluding carboxylic acids is 1. The number of carbonyl (C=O) groups is 1. The van der Waals surface area contributed by atoms with Gasteiger partial charge in [-0.3, -0.25) is 4.79 Å². The summed E-state index contributed by atoms with van der Waals surface area (Å²) in [7, 11) is -1.09. The average molecular weight is 459 g/mol. The third-order valence-electron chi connectivity index (χ3n) is 3.83. The molecule has 0 bridgehead atoms. The molecule has 156 valence electrons. The monoisotopic (exact) mass is 458 g/mol. The van der Waals surface area contributed by atoms with Gasteiger partial charge in [-0.25, -0.2) is 8.42 Å². The van der Waals surface area contributed by atoms with Crippen LogP contribution in [0.15, 0.2) is 53.9 Å². The van der Waals surface area contributed by atoms with E-state index >= 15 is 0 Å². The van der Waals surface area contributed by atoms with Crippen molar-refractivity contribution in [2.24, 2.45) is 0 Å². The molecule has 1 N–H and O–H groups in total. The van der Waals surface area contributed by atoms with Crippen molar-refractivity contribution in [1.29, 1.82) is 0 Å². The van der Waals surface area contributed by atoms with Crippen LogP contribution in [0.4, 0.5) is 5.69 Å². The Morgan fingerprint density at radius 1 is 1.17 bits per heavy atom. The zero-order valence-electron chi connectivity index (χ0n) is 15.8. The summed E-state index contributed by atoms with van der Waals surface area (Å²) in [6.07, 6.45) is 1.39. The summed E-state index contributed by atoms with van der Waals surface area (Å²) in [4.78, 5) is 12.5. The standard InChI is InChI=1S/C19H20Cl2N2O5S/c1-4-8-23(29(25,26)14-7-5-6-13(20)9-14)12-19(24)22-16-10-15(21)17(27-2)11-18(16)28-3/h4-7,9-11H,1,8,12H2,2-3H3,(H,22,24). The normalized spacial score (nSPS) is 11.2. The summed E-state index contributed by atoms with van der Waals surface area (Å²) < 4.78 is 37.1. The highest BCUT2D eigenvalue weighted by Gasteiger charge is 2.26. The summed E-state index contributed by atoms with van der Waals surface area (Å²) in [6.45, 7) is 3.04. The van der Waals surface area contributed by atoms with E-state index in [9.17, 15) is 13.2 Å². The molecule has 0 atom stereocenters. The molecule has 0 saturated carbocycles. The van der Waals surface area contributed by atoms with Gasteiger partial charge < -0.3 is 14.8 Å². The fraction of sp³-hybridized carbons (Fsp3) is 0.211. The summed E-state index contributed by atoms with van der Waals surface area (Å²) in [6, 6.07) is 8.78. The predicted molar refractivity (Wildman–Crippen MR) is 114 cm³/mol. The molecular weight excluding hydrogens is 439 g/mol. The second kappa shape index (κ2) is 9.98. The van der Waals surface area contributed by atoms with E-state index in [4.69, 9.17) is 32.7 Å². The highest BCUT2D eigenvalue weighted by molar-refractivity contribution is 7.89. The first-order valence-corrected chi connectivity index (χ1v) is 10.5. The van der Waals surface area contributed by atoms with Crippen molar-refractivity contribution in [3.8, 4) is 11.5 Å². The van der Waals surface area contributed by atoms with Gasteiger partial charge in [0.05, 0.1) is 36.4 Å².